The summed E-state index contributed by atoms with van der Waals surface area (Å²) in [6.07, 6.45) is 7.70. The molecule has 2 nitrogen and oxygen atoms in total. The number of carbonyl (C=O) groups is 1. The third-order valence-electron chi connectivity index (χ3n) is 2.19. The number of alkyl halides is 1. The van der Waals surface area contributed by atoms with E-state index in [1.165, 1.54) is 0 Å². The van der Waals surface area contributed by atoms with E-state index in [2.05, 4.69) is 12.2 Å². The highest BCUT2D eigenvalue weighted by Gasteiger charge is 2.12. The summed E-state index contributed by atoms with van der Waals surface area (Å²) < 4.78 is 0. The molecule has 0 bridgehead atoms. The molecule has 0 aliphatic carbocycles. The van der Waals surface area contributed by atoms with Crippen LogP contribution in [0.1, 0.15) is 25.7 Å². The molecule has 0 atom stereocenters. The molecule has 13 heavy (non-hydrogen) atoms. The van der Waals surface area contributed by atoms with E-state index < -0.39 is 0 Å². The van der Waals surface area contributed by atoms with Crippen LogP contribution in [0.3, 0.4) is 0 Å². The van der Waals surface area contributed by atoms with Gasteiger partial charge in [0.1, 0.15) is 0 Å². The van der Waals surface area contributed by atoms with Gasteiger partial charge in [-0.2, -0.15) is 0 Å². The highest BCUT2D eigenvalue weighted by Crippen LogP contribution is 2.06. The smallest absolute Gasteiger partial charge is 0.222 e. The topological polar surface area (TPSA) is 20.3 Å². The van der Waals surface area contributed by atoms with E-state index in [9.17, 15) is 4.79 Å². The quantitative estimate of drug-likeness (QED) is 0.388. The molecule has 0 fully saturated rings. The average molecular weight is 202 g/mol. The zero-order valence-corrected chi connectivity index (χ0v) is 8.59. The van der Waals surface area contributed by atoms with E-state index >= 15 is 0 Å². The molecule has 0 saturated heterocycles. The molecule has 0 radical (unpaired) electrons. The van der Waals surface area contributed by atoms with Gasteiger partial charge >= 0.3 is 0 Å². The van der Waals surface area contributed by atoms with Crippen molar-refractivity contribution < 1.29 is 4.79 Å². The van der Waals surface area contributed by atoms with Crippen molar-refractivity contribution in [2.75, 3.05) is 19.0 Å². The second-order valence-electron chi connectivity index (χ2n) is 3.25. The van der Waals surface area contributed by atoms with Crippen molar-refractivity contribution in [3.8, 4) is 0 Å². The summed E-state index contributed by atoms with van der Waals surface area (Å²) in [5.41, 5.74) is 0. The van der Waals surface area contributed by atoms with E-state index in [-0.39, 0.29) is 5.91 Å². The lowest BCUT2D eigenvalue weighted by Gasteiger charge is -2.23. The van der Waals surface area contributed by atoms with Crippen LogP contribution in [-0.2, 0) is 4.79 Å². The van der Waals surface area contributed by atoms with Crippen molar-refractivity contribution in [2.45, 2.75) is 25.7 Å². The molecule has 0 aromatic carbocycles. The van der Waals surface area contributed by atoms with Gasteiger partial charge in [-0.05, 0) is 19.3 Å². The summed E-state index contributed by atoms with van der Waals surface area (Å²) in [6.45, 7) is 1.68. The van der Waals surface area contributed by atoms with Crippen LogP contribution < -0.4 is 0 Å². The lowest BCUT2D eigenvalue weighted by atomic mass is 10.2. The third kappa shape index (κ3) is 3.81. The second kappa shape index (κ2) is 6.03. The standard InChI is InChI=1S/C10H16ClNO/c11-7-3-2-6-10(13)12-8-4-1-5-9-12/h1,4H,2-3,5-9H2. The van der Waals surface area contributed by atoms with Crippen molar-refractivity contribution in [3.63, 3.8) is 0 Å². The zero-order chi connectivity index (χ0) is 9.52. The number of carbonyl (C=O) groups excluding carboxylic acids is 1. The van der Waals surface area contributed by atoms with Crippen LogP contribution in [0.25, 0.3) is 0 Å². The molecule has 0 aromatic heterocycles. The van der Waals surface area contributed by atoms with Gasteiger partial charge < -0.3 is 4.90 Å². The molecule has 3 heteroatoms. The van der Waals surface area contributed by atoms with Gasteiger partial charge in [-0.25, -0.2) is 0 Å². The fourth-order valence-corrected chi connectivity index (χ4v) is 1.59. The molecule has 0 saturated carbocycles. The second-order valence-corrected chi connectivity index (χ2v) is 3.62. The fraction of sp³-hybridized carbons (Fsp3) is 0.700. The normalized spacial score (nSPS) is 16.2. The summed E-state index contributed by atoms with van der Waals surface area (Å²) in [6, 6.07) is 0. The van der Waals surface area contributed by atoms with Crippen LogP contribution in [0.2, 0.25) is 0 Å². The minimum absolute atomic E-state index is 0.273. The van der Waals surface area contributed by atoms with Crippen LogP contribution in [0.15, 0.2) is 12.2 Å². The van der Waals surface area contributed by atoms with Gasteiger partial charge in [0, 0.05) is 25.4 Å². The Morgan fingerprint density at radius 1 is 1.38 bits per heavy atom. The van der Waals surface area contributed by atoms with E-state index in [0.717, 1.165) is 32.4 Å². The lowest BCUT2D eigenvalue weighted by Crippen LogP contribution is -2.33. The van der Waals surface area contributed by atoms with Crippen LogP contribution >= 0.6 is 11.6 Å². The number of nitrogens with zero attached hydrogens (tertiary/aromatic N) is 1. The van der Waals surface area contributed by atoms with Gasteiger partial charge in [0.15, 0.2) is 0 Å². The predicted octanol–water partition coefficient (Wildman–Crippen LogP) is 2.18. The first-order valence-corrected chi connectivity index (χ1v) is 5.37. The molecule has 0 spiro atoms. The molecule has 1 aliphatic rings. The van der Waals surface area contributed by atoms with Gasteiger partial charge in [0.05, 0.1) is 0 Å². The highest BCUT2D eigenvalue weighted by molar-refractivity contribution is 6.17. The largest absolute Gasteiger partial charge is 0.339 e. The van der Waals surface area contributed by atoms with Gasteiger partial charge in [-0.15, -0.1) is 11.6 Å². The number of halogens is 1. The first-order valence-electron chi connectivity index (χ1n) is 4.83. The Morgan fingerprint density at radius 3 is 2.85 bits per heavy atom. The minimum Gasteiger partial charge on any atom is -0.339 e. The lowest BCUT2D eigenvalue weighted by molar-refractivity contribution is -0.130. The molecule has 1 rings (SSSR count). The summed E-state index contributed by atoms with van der Waals surface area (Å²) in [4.78, 5) is 13.4. The van der Waals surface area contributed by atoms with Gasteiger partial charge in [-0.1, -0.05) is 12.2 Å². The summed E-state index contributed by atoms with van der Waals surface area (Å²) >= 11 is 5.53. The Bertz CT molecular complexity index is 191. The van der Waals surface area contributed by atoms with Crippen molar-refractivity contribution in [2.24, 2.45) is 0 Å². The molecule has 0 N–H and O–H groups in total. The number of amides is 1. The maximum atomic E-state index is 11.5. The maximum Gasteiger partial charge on any atom is 0.222 e. The number of rotatable bonds is 4. The van der Waals surface area contributed by atoms with E-state index in [1.54, 1.807) is 0 Å². The van der Waals surface area contributed by atoms with Crippen LogP contribution in [0.4, 0.5) is 0 Å². The van der Waals surface area contributed by atoms with E-state index in [1.807, 2.05) is 4.90 Å². The molecule has 1 amide bonds. The van der Waals surface area contributed by atoms with Crippen molar-refractivity contribution >= 4 is 17.5 Å². The van der Waals surface area contributed by atoms with Crippen molar-refractivity contribution in [1.29, 1.82) is 0 Å². The molecule has 1 aliphatic heterocycles. The Labute approximate surface area is 84.6 Å². The fourth-order valence-electron chi connectivity index (χ4n) is 1.40. The molecule has 0 aromatic rings. The third-order valence-corrected chi connectivity index (χ3v) is 2.45. The van der Waals surface area contributed by atoms with E-state index in [0.29, 0.717) is 12.3 Å². The molecule has 0 unspecified atom stereocenters. The Balaban J connectivity index is 2.18. The number of unbranched alkanes of at least 4 members (excludes halogenated alkanes) is 1. The number of hydrogen-bond donors (Lipinski definition) is 0. The zero-order valence-electron chi connectivity index (χ0n) is 7.84. The first-order chi connectivity index (χ1) is 6.34. The van der Waals surface area contributed by atoms with E-state index in [4.69, 9.17) is 11.6 Å². The summed E-state index contributed by atoms with van der Waals surface area (Å²) in [7, 11) is 0. The molecule has 1 heterocycles. The molecule has 74 valence electrons. The van der Waals surface area contributed by atoms with Crippen molar-refractivity contribution in [3.05, 3.63) is 12.2 Å². The van der Waals surface area contributed by atoms with Crippen LogP contribution in [-0.4, -0.2) is 29.8 Å². The monoisotopic (exact) mass is 201 g/mol. The number of hydrogen-bond acceptors (Lipinski definition) is 1. The average Bonchev–Trinajstić information content (AvgIpc) is 2.19. The Kier molecular flexibility index (Phi) is 4.91. The summed E-state index contributed by atoms with van der Waals surface area (Å²) in [5, 5.41) is 0. The van der Waals surface area contributed by atoms with Gasteiger partial charge in [-0.3, -0.25) is 4.79 Å². The predicted molar refractivity (Wildman–Crippen MR) is 54.9 cm³/mol. The van der Waals surface area contributed by atoms with Gasteiger partial charge in [0.2, 0.25) is 5.91 Å². The van der Waals surface area contributed by atoms with Crippen molar-refractivity contribution in [1.82, 2.24) is 4.90 Å². The molecular weight excluding hydrogens is 186 g/mol. The summed E-state index contributed by atoms with van der Waals surface area (Å²) in [5.74, 6) is 0.933. The first kappa shape index (κ1) is 10.6. The minimum atomic E-state index is 0.273. The Morgan fingerprint density at radius 2 is 2.23 bits per heavy atom. The van der Waals surface area contributed by atoms with Gasteiger partial charge in [0.25, 0.3) is 0 Å². The van der Waals surface area contributed by atoms with Crippen LogP contribution in [0.5, 0.6) is 0 Å². The molecular formula is C10H16ClNO. The SMILES string of the molecule is O=C(CCCCCl)N1CC=CCC1. The Hall–Kier alpha value is -0.500. The highest BCUT2D eigenvalue weighted by atomic mass is 35.5. The van der Waals surface area contributed by atoms with Crippen LogP contribution in [0, 0.1) is 0 Å². The maximum absolute atomic E-state index is 11.5.